The molecule has 8 nitrogen and oxygen atoms in total. The lowest BCUT2D eigenvalue weighted by Crippen LogP contribution is -2.55. The number of hydrogen-bond donors (Lipinski definition) is 0. The molecule has 0 saturated carbocycles. The highest BCUT2D eigenvalue weighted by Crippen LogP contribution is 2.44. The lowest BCUT2D eigenvalue weighted by atomic mass is 10.0. The molecule has 3 aliphatic heterocycles. The van der Waals surface area contributed by atoms with Crippen molar-refractivity contribution in [2.24, 2.45) is 0 Å². The van der Waals surface area contributed by atoms with Crippen LogP contribution in [-0.2, 0) is 11.0 Å². The van der Waals surface area contributed by atoms with Gasteiger partial charge in [-0.1, -0.05) is 12.1 Å². The van der Waals surface area contributed by atoms with Gasteiger partial charge < -0.3 is 9.80 Å². The van der Waals surface area contributed by atoms with Crippen molar-refractivity contribution in [1.29, 1.82) is 5.26 Å². The van der Waals surface area contributed by atoms with Crippen molar-refractivity contribution in [3.63, 3.8) is 0 Å². The van der Waals surface area contributed by atoms with E-state index in [9.17, 15) is 32.8 Å². The number of amides is 4. The molecule has 3 unspecified atom stereocenters. The molecule has 11 heteroatoms. The zero-order valence-corrected chi connectivity index (χ0v) is 18.4. The van der Waals surface area contributed by atoms with Crippen LogP contribution >= 0.6 is 0 Å². The fraction of sp³-hybridized carbons (Fsp3) is 0.240. The van der Waals surface area contributed by atoms with Crippen molar-refractivity contribution in [2.75, 3.05) is 11.4 Å². The number of piperazine rings is 1. The van der Waals surface area contributed by atoms with E-state index in [1.54, 1.807) is 12.1 Å². The number of urea groups is 1. The Morgan fingerprint density at radius 1 is 1.08 bits per heavy atom. The van der Waals surface area contributed by atoms with E-state index in [1.165, 1.54) is 40.3 Å². The van der Waals surface area contributed by atoms with Crippen LogP contribution in [0.1, 0.15) is 27.9 Å². The number of nitrogens with zero attached hydrogens (tertiary/aromatic N) is 5. The molecule has 2 bridgehead atoms. The number of halogens is 3. The maximum atomic E-state index is 13.6. The minimum Gasteiger partial charge on any atom is -0.331 e. The Bertz CT molecular complexity index is 1510. The molecule has 0 spiro atoms. The first-order valence-corrected chi connectivity index (χ1v) is 11.1. The summed E-state index contributed by atoms with van der Waals surface area (Å²) in [6, 6.07) is 10.1. The van der Waals surface area contributed by atoms with E-state index in [1.807, 2.05) is 6.07 Å². The number of anilines is 1. The molecule has 3 fully saturated rings. The number of imide groups is 1. The van der Waals surface area contributed by atoms with Crippen LogP contribution < -0.4 is 4.90 Å². The Balaban J connectivity index is 1.36. The molecule has 1 aromatic heterocycles. The first-order chi connectivity index (χ1) is 17.2. The minimum atomic E-state index is -4.71. The molecular weight excluding hydrogens is 475 g/mol. The lowest BCUT2D eigenvalue weighted by Gasteiger charge is -2.35. The third-order valence-corrected chi connectivity index (χ3v) is 7.10. The van der Waals surface area contributed by atoms with Gasteiger partial charge in [-0.3, -0.25) is 14.6 Å². The Labute approximate surface area is 202 Å². The molecule has 4 heterocycles. The molecule has 180 valence electrons. The molecule has 0 radical (unpaired) electrons. The number of benzene rings is 2. The van der Waals surface area contributed by atoms with Crippen molar-refractivity contribution in [3.8, 4) is 6.07 Å². The third kappa shape index (κ3) is 2.94. The Hall–Kier alpha value is -4.46. The van der Waals surface area contributed by atoms with E-state index in [0.717, 1.165) is 17.0 Å². The van der Waals surface area contributed by atoms with Gasteiger partial charge in [0.25, 0.3) is 11.8 Å². The van der Waals surface area contributed by atoms with Crippen LogP contribution in [0.2, 0.25) is 0 Å². The summed E-state index contributed by atoms with van der Waals surface area (Å²) in [5, 5.41) is 9.84. The van der Waals surface area contributed by atoms with Crippen molar-refractivity contribution < 1.29 is 27.6 Å². The molecule has 4 amide bonds. The van der Waals surface area contributed by atoms with E-state index >= 15 is 0 Å². The molecule has 0 aliphatic carbocycles. The molecular formula is C25H16F3N5O3. The predicted octanol–water partition coefficient (Wildman–Crippen LogP) is 3.56. The van der Waals surface area contributed by atoms with Gasteiger partial charge >= 0.3 is 12.2 Å². The van der Waals surface area contributed by atoms with E-state index in [-0.39, 0.29) is 17.8 Å². The third-order valence-electron chi connectivity index (χ3n) is 7.10. The predicted molar refractivity (Wildman–Crippen MR) is 120 cm³/mol. The number of pyridine rings is 1. The molecule has 36 heavy (non-hydrogen) atoms. The minimum absolute atomic E-state index is 0.0364. The Morgan fingerprint density at radius 2 is 1.86 bits per heavy atom. The number of nitriles is 1. The fourth-order valence-electron chi connectivity index (χ4n) is 5.63. The molecule has 2 aromatic carbocycles. The van der Waals surface area contributed by atoms with Gasteiger partial charge in [0.05, 0.1) is 40.0 Å². The molecule has 3 aliphatic rings. The second-order valence-electron chi connectivity index (χ2n) is 8.91. The highest BCUT2D eigenvalue weighted by atomic mass is 19.4. The monoisotopic (exact) mass is 491 g/mol. The summed E-state index contributed by atoms with van der Waals surface area (Å²) < 4.78 is 40.6. The van der Waals surface area contributed by atoms with Crippen LogP contribution in [0.15, 0.2) is 54.7 Å². The van der Waals surface area contributed by atoms with Crippen molar-refractivity contribution in [3.05, 3.63) is 71.4 Å². The smallest absolute Gasteiger partial charge is 0.331 e. The molecule has 0 N–H and O–H groups in total. The Morgan fingerprint density at radius 3 is 2.61 bits per heavy atom. The van der Waals surface area contributed by atoms with E-state index in [4.69, 9.17) is 0 Å². The number of carbonyl (C=O) groups is 3. The zero-order valence-electron chi connectivity index (χ0n) is 18.4. The van der Waals surface area contributed by atoms with Gasteiger partial charge in [-0.15, -0.1) is 0 Å². The van der Waals surface area contributed by atoms with Crippen LogP contribution in [0.3, 0.4) is 0 Å². The van der Waals surface area contributed by atoms with Gasteiger partial charge in [-0.05, 0) is 42.8 Å². The highest BCUT2D eigenvalue weighted by Gasteiger charge is 2.63. The molecule has 3 aromatic rings. The maximum absolute atomic E-state index is 13.6. The number of fused-ring (bicyclic) bond motifs is 6. The first-order valence-electron chi connectivity index (χ1n) is 11.1. The second-order valence-corrected chi connectivity index (χ2v) is 8.91. The topological polar surface area (TPSA) is 97.6 Å². The fourth-order valence-corrected chi connectivity index (χ4v) is 5.63. The van der Waals surface area contributed by atoms with Crippen LogP contribution in [0, 0.1) is 11.3 Å². The van der Waals surface area contributed by atoms with Gasteiger partial charge in [0.2, 0.25) is 0 Å². The van der Waals surface area contributed by atoms with Crippen molar-refractivity contribution in [2.45, 2.75) is 30.7 Å². The summed E-state index contributed by atoms with van der Waals surface area (Å²) in [6.45, 7) is 0.0364. The summed E-state index contributed by atoms with van der Waals surface area (Å²) in [6.07, 6.45) is -2.90. The van der Waals surface area contributed by atoms with Gasteiger partial charge in [0, 0.05) is 18.1 Å². The van der Waals surface area contributed by atoms with Gasteiger partial charge in [-0.2, -0.15) is 18.4 Å². The van der Waals surface area contributed by atoms with E-state index in [2.05, 4.69) is 4.98 Å². The number of hydrogen-bond acceptors (Lipinski definition) is 5. The van der Waals surface area contributed by atoms with Crippen molar-refractivity contribution in [1.82, 2.24) is 14.8 Å². The SMILES string of the molecule is N#Cc1ccc(N2C(=O)C3C4CC(CN4C(=O)c4ccccc4C(F)(F)F)N3C2=O)c2cccnc12. The summed E-state index contributed by atoms with van der Waals surface area (Å²) in [5.41, 5.74) is -0.632. The lowest BCUT2D eigenvalue weighted by molar-refractivity contribution is -0.138. The van der Waals surface area contributed by atoms with Crippen LogP contribution in [0.25, 0.3) is 10.9 Å². The quantitative estimate of drug-likeness (QED) is 0.511. The summed E-state index contributed by atoms with van der Waals surface area (Å²) >= 11 is 0. The molecule has 3 saturated heterocycles. The van der Waals surface area contributed by atoms with Gasteiger partial charge in [0.1, 0.15) is 12.1 Å². The number of likely N-dealkylation sites (tertiary alicyclic amines) is 1. The second kappa shape index (κ2) is 7.52. The molecule has 3 atom stereocenters. The number of carbonyl (C=O) groups excluding carboxylic acids is 3. The van der Waals surface area contributed by atoms with Crippen LogP contribution in [0.5, 0.6) is 0 Å². The van der Waals surface area contributed by atoms with Crippen LogP contribution in [0.4, 0.5) is 23.7 Å². The number of aromatic nitrogens is 1. The Kier molecular flexibility index (Phi) is 4.60. The van der Waals surface area contributed by atoms with Gasteiger partial charge in [0.15, 0.2) is 0 Å². The average molecular weight is 491 g/mol. The first kappa shape index (κ1) is 22.0. The highest BCUT2D eigenvalue weighted by molar-refractivity contribution is 6.25. The average Bonchev–Trinajstić information content (AvgIpc) is 3.54. The standard InChI is InChI=1S/C25H16F3N5O3/c26-25(27,28)17-6-2-1-4-15(17)22(34)31-12-14-10-19(31)21-23(35)33(24(36)32(14)21)18-8-7-13(11-29)20-16(18)5-3-9-30-20/h1-9,14,19,21H,10,12H2. The summed E-state index contributed by atoms with van der Waals surface area (Å²) in [4.78, 5) is 48.2. The van der Waals surface area contributed by atoms with Crippen LogP contribution in [-0.4, -0.2) is 57.3 Å². The summed E-state index contributed by atoms with van der Waals surface area (Å²) in [5.74, 6) is -1.38. The largest absolute Gasteiger partial charge is 0.417 e. The summed E-state index contributed by atoms with van der Waals surface area (Å²) in [7, 11) is 0. The zero-order chi connectivity index (χ0) is 25.4. The number of rotatable bonds is 2. The normalized spacial score (nSPS) is 22.9. The number of alkyl halides is 3. The van der Waals surface area contributed by atoms with Crippen molar-refractivity contribution >= 4 is 34.4 Å². The van der Waals surface area contributed by atoms with E-state index in [0.29, 0.717) is 17.3 Å². The van der Waals surface area contributed by atoms with E-state index < -0.39 is 53.3 Å². The maximum Gasteiger partial charge on any atom is 0.417 e. The van der Waals surface area contributed by atoms with Gasteiger partial charge in [-0.25, -0.2) is 9.69 Å². The molecule has 6 rings (SSSR count).